The van der Waals surface area contributed by atoms with Crippen LogP contribution in [0.1, 0.15) is 30.7 Å². The van der Waals surface area contributed by atoms with Crippen LogP contribution in [0.2, 0.25) is 0 Å². The van der Waals surface area contributed by atoms with Gasteiger partial charge in [0, 0.05) is 18.3 Å². The van der Waals surface area contributed by atoms with Crippen molar-refractivity contribution in [2.24, 2.45) is 5.92 Å². The SMILES string of the molecule is Cc1cccc2nc(CNC(=O)CCC3CCNC3)cn12.Cl.Cl. The first-order valence-corrected chi connectivity index (χ1v) is 7.63. The number of hydrogen-bond donors (Lipinski definition) is 2. The fourth-order valence-electron chi connectivity index (χ4n) is 2.86. The molecule has 5 nitrogen and oxygen atoms in total. The zero-order valence-electron chi connectivity index (χ0n) is 13.2. The van der Waals surface area contributed by atoms with Crippen LogP contribution in [0.5, 0.6) is 0 Å². The van der Waals surface area contributed by atoms with Crippen molar-refractivity contribution in [2.45, 2.75) is 32.7 Å². The van der Waals surface area contributed by atoms with Crippen molar-refractivity contribution in [3.8, 4) is 0 Å². The molecule has 1 atom stereocenters. The number of carbonyl (C=O) groups excluding carboxylic acids is 1. The van der Waals surface area contributed by atoms with Crippen LogP contribution < -0.4 is 10.6 Å². The normalized spacial score (nSPS) is 16.7. The Morgan fingerprint density at radius 3 is 2.96 bits per heavy atom. The Labute approximate surface area is 149 Å². The molecule has 1 unspecified atom stereocenters. The van der Waals surface area contributed by atoms with Crippen molar-refractivity contribution in [3.05, 3.63) is 35.8 Å². The molecule has 3 heterocycles. The zero-order valence-corrected chi connectivity index (χ0v) is 14.9. The molecule has 1 amide bonds. The maximum Gasteiger partial charge on any atom is 0.220 e. The van der Waals surface area contributed by atoms with Gasteiger partial charge in [-0.1, -0.05) is 6.07 Å². The highest BCUT2D eigenvalue weighted by Crippen LogP contribution is 2.14. The quantitative estimate of drug-likeness (QED) is 0.863. The van der Waals surface area contributed by atoms with E-state index in [-0.39, 0.29) is 30.7 Å². The second-order valence-corrected chi connectivity index (χ2v) is 5.80. The van der Waals surface area contributed by atoms with Gasteiger partial charge in [0.25, 0.3) is 0 Å². The second-order valence-electron chi connectivity index (χ2n) is 5.80. The molecular formula is C16H24Cl2N4O. The van der Waals surface area contributed by atoms with Gasteiger partial charge in [0.1, 0.15) is 5.65 Å². The molecular weight excluding hydrogens is 335 g/mol. The highest BCUT2D eigenvalue weighted by atomic mass is 35.5. The fraction of sp³-hybridized carbons (Fsp3) is 0.500. The molecule has 0 bridgehead atoms. The van der Waals surface area contributed by atoms with Crippen molar-refractivity contribution in [3.63, 3.8) is 0 Å². The second kappa shape index (κ2) is 9.11. The fourth-order valence-corrected chi connectivity index (χ4v) is 2.86. The van der Waals surface area contributed by atoms with E-state index in [2.05, 4.69) is 15.6 Å². The van der Waals surface area contributed by atoms with E-state index in [9.17, 15) is 4.79 Å². The average molecular weight is 359 g/mol. The van der Waals surface area contributed by atoms with Crippen LogP contribution in [-0.4, -0.2) is 28.4 Å². The average Bonchev–Trinajstić information content (AvgIpc) is 3.12. The Bertz CT molecular complexity index is 638. The highest BCUT2D eigenvalue weighted by molar-refractivity contribution is 5.85. The first-order valence-electron chi connectivity index (χ1n) is 7.63. The molecule has 1 saturated heterocycles. The third kappa shape index (κ3) is 5.09. The maximum absolute atomic E-state index is 11.9. The molecule has 0 spiro atoms. The first kappa shape index (κ1) is 19.7. The summed E-state index contributed by atoms with van der Waals surface area (Å²) in [6.45, 7) is 4.70. The summed E-state index contributed by atoms with van der Waals surface area (Å²) in [7, 11) is 0. The van der Waals surface area contributed by atoms with E-state index >= 15 is 0 Å². The van der Waals surface area contributed by atoms with E-state index in [0.717, 1.165) is 36.5 Å². The maximum atomic E-state index is 11.9. The van der Waals surface area contributed by atoms with Crippen LogP contribution in [0.3, 0.4) is 0 Å². The number of aromatic nitrogens is 2. The predicted molar refractivity (Wildman–Crippen MR) is 96.5 cm³/mol. The molecule has 3 rings (SSSR count). The predicted octanol–water partition coefficient (Wildman–Crippen LogP) is 2.49. The van der Waals surface area contributed by atoms with Crippen molar-refractivity contribution < 1.29 is 4.79 Å². The number of hydrogen-bond acceptors (Lipinski definition) is 3. The van der Waals surface area contributed by atoms with Gasteiger partial charge in [0.15, 0.2) is 0 Å². The number of aryl methyl sites for hydroxylation is 1. The molecule has 2 N–H and O–H groups in total. The lowest BCUT2D eigenvalue weighted by Gasteiger charge is -2.07. The smallest absolute Gasteiger partial charge is 0.220 e. The minimum absolute atomic E-state index is 0. The number of fused-ring (bicyclic) bond motifs is 1. The highest BCUT2D eigenvalue weighted by Gasteiger charge is 2.15. The van der Waals surface area contributed by atoms with Crippen LogP contribution >= 0.6 is 24.8 Å². The van der Waals surface area contributed by atoms with E-state index < -0.39 is 0 Å². The molecule has 2 aromatic heterocycles. The number of nitrogens with one attached hydrogen (secondary N) is 2. The summed E-state index contributed by atoms with van der Waals surface area (Å²) in [4.78, 5) is 16.4. The Balaban J connectivity index is 0.00000132. The van der Waals surface area contributed by atoms with E-state index in [0.29, 0.717) is 18.9 Å². The zero-order chi connectivity index (χ0) is 14.7. The first-order chi connectivity index (χ1) is 10.2. The summed E-state index contributed by atoms with van der Waals surface area (Å²) >= 11 is 0. The van der Waals surface area contributed by atoms with E-state index in [1.54, 1.807) is 0 Å². The summed E-state index contributed by atoms with van der Waals surface area (Å²) in [6, 6.07) is 6.02. The van der Waals surface area contributed by atoms with Gasteiger partial charge in [-0.15, -0.1) is 24.8 Å². The summed E-state index contributed by atoms with van der Waals surface area (Å²) in [5.74, 6) is 0.782. The van der Waals surface area contributed by atoms with E-state index in [1.807, 2.05) is 35.7 Å². The van der Waals surface area contributed by atoms with Crippen LogP contribution in [0.4, 0.5) is 0 Å². The molecule has 0 aromatic carbocycles. The van der Waals surface area contributed by atoms with Crippen molar-refractivity contribution in [2.75, 3.05) is 13.1 Å². The van der Waals surface area contributed by atoms with Gasteiger partial charge in [-0.05, 0) is 50.9 Å². The van der Waals surface area contributed by atoms with Crippen LogP contribution in [0, 0.1) is 12.8 Å². The van der Waals surface area contributed by atoms with Crippen LogP contribution in [-0.2, 0) is 11.3 Å². The summed E-state index contributed by atoms with van der Waals surface area (Å²) < 4.78 is 2.05. The minimum Gasteiger partial charge on any atom is -0.350 e. The number of rotatable bonds is 5. The molecule has 1 fully saturated rings. The number of carbonyl (C=O) groups is 1. The Morgan fingerprint density at radius 1 is 1.43 bits per heavy atom. The van der Waals surface area contributed by atoms with Crippen LogP contribution in [0.25, 0.3) is 5.65 Å². The molecule has 23 heavy (non-hydrogen) atoms. The minimum atomic E-state index is 0. The van der Waals surface area contributed by atoms with Gasteiger partial charge < -0.3 is 15.0 Å². The molecule has 2 aromatic rings. The lowest BCUT2D eigenvalue weighted by atomic mass is 10.0. The third-order valence-electron chi connectivity index (χ3n) is 4.15. The molecule has 0 aliphatic carbocycles. The lowest BCUT2D eigenvalue weighted by Crippen LogP contribution is -2.23. The summed E-state index contributed by atoms with van der Waals surface area (Å²) in [5.41, 5.74) is 2.97. The molecule has 1 aliphatic rings. The largest absolute Gasteiger partial charge is 0.350 e. The Kier molecular flexibility index (Phi) is 7.82. The van der Waals surface area contributed by atoms with Crippen molar-refractivity contribution >= 4 is 36.4 Å². The number of nitrogens with zero attached hydrogens (tertiary/aromatic N) is 2. The topological polar surface area (TPSA) is 58.4 Å². The molecule has 1 aliphatic heterocycles. The molecule has 128 valence electrons. The van der Waals surface area contributed by atoms with E-state index in [4.69, 9.17) is 0 Å². The Hall–Kier alpha value is -1.30. The monoisotopic (exact) mass is 358 g/mol. The summed E-state index contributed by atoms with van der Waals surface area (Å²) in [5, 5.41) is 6.30. The standard InChI is InChI=1S/C16H22N4O.2ClH/c1-12-3-2-4-15-19-14(11-20(12)15)10-18-16(21)6-5-13-7-8-17-9-13;;/h2-4,11,13,17H,5-10H2,1H3,(H,18,21);2*1H. The Morgan fingerprint density at radius 2 is 2.26 bits per heavy atom. The number of halogens is 2. The third-order valence-corrected chi connectivity index (χ3v) is 4.15. The number of pyridine rings is 1. The lowest BCUT2D eigenvalue weighted by molar-refractivity contribution is -0.121. The van der Waals surface area contributed by atoms with Gasteiger partial charge in [-0.3, -0.25) is 4.79 Å². The van der Waals surface area contributed by atoms with Gasteiger partial charge >= 0.3 is 0 Å². The molecule has 0 saturated carbocycles. The molecule has 7 heteroatoms. The van der Waals surface area contributed by atoms with Crippen LogP contribution in [0.15, 0.2) is 24.4 Å². The van der Waals surface area contributed by atoms with Crippen molar-refractivity contribution in [1.29, 1.82) is 0 Å². The van der Waals surface area contributed by atoms with E-state index in [1.165, 1.54) is 6.42 Å². The number of imidazole rings is 1. The number of amides is 1. The van der Waals surface area contributed by atoms with Gasteiger partial charge in [0.2, 0.25) is 5.91 Å². The van der Waals surface area contributed by atoms with Gasteiger partial charge in [-0.25, -0.2) is 4.98 Å². The molecule has 0 radical (unpaired) electrons. The van der Waals surface area contributed by atoms with Crippen molar-refractivity contribution in [1.82, 2.24) is 20.0 Å². The van der Waals surface area contributed by atoms with Gasteiger partial charge in [0.05, 0.1) is 12.2 Å². The summed E-state index contributed by atoms with van der Waals surface area (Å²) in [6.07, 6.45) is 4.77. The van der Waals surface area contributed by atoms with Gasteiger partial charge in [-0.2, -0.15) is 0 Å².